The summed E-state index contributed by atoms with van der Waals surface area (Å²) in [5.74, 6) is 0.0647. The highest BCUT2D eigenvalue weighted by Gasteiger charge is 2.37. The SMILES string of the molecule is CCC1(C(=O)Nc2cc(Cl)cc(Cl)c2)CCNCC1. The first kappa shape index (κ1) is 14.6. The van der Waals surface area contributed by atoms with Gasteiger partial charge in [0.2, 0.25) is 5.91 Å². The predicted octanol–water partition coefficient (Wildman–Crippen LogP) is 3.71. The molecule has 0 aliphatic carbocycles. The van der Waals surface area contributed by atoms with Crippen molar-refractivity contribution in [1.82, 2.24) is 5.32 Å². The second-order valence-corrected chi connectivity index (χ2v) is 5.87. The average molecular weight is 301 g/mol. The van der Waals surface area contributed by atoms with Gasteiger partial charge in [0.05, 0.1) is 5.41 Å². The fraction of sp³-hybridized carbons (Fsp3) is 0.500. The zero-order chi connectivity index (χ0) is 13.9. The Bertz CT molecular complexity index is 450. The number of piperidine rings is 1. The van der Waals surface area contributed by atoms with Crippen LogP contribution < -0.4 is 10.6 Å². The van der Waals surface area contributed by atoms with Crippen molar-refractivity contribution in [3.05, 3.63) is 28.2 Å². The van der Waals surface area contributed by atoms with E-state index in [0.717, 1.165) is 32.4 Å². The molecule has 1 aliphatic heterocycles. The highest BCUT2D eigenvalue weighted by atomic mass is 35.5. The maximum Gasteiger partial charge on any atom is 0.230 e. The van der Waals surface area contributed by atoms with Crippen LogP contribution in [0.2, 0.25) is 10.0 Å². The fourth-order valence-corrected chi connectivity index (χ4v) is 3.06. The summed E-state index contributed by atoms with van der Waals surface area (Å²) in [6.45, 7) is 3.84. The third-order valence-corrected chi connectivity index (χ3v) is 4.28. The highest BCUT2D eigenvalue weighted by molar-refractivity contribution is 6.35. The van der Waals surface area contributed by atoms with Gasteiger partial charge in [0.25, 0.3) is 0 Å². The van der Waals surface area contributed by atoms with E-state index in [9.17, 15) is 4.79 Å². The van der Waals surface area contributed by atoms with E-state index in [4.69, 9.17) is 23.2 Å². The average Bonchev–Trinajstić information content (AvgIpc) is 2.38. The van der Waals surface area contributed by atoms with E-state index in [1.165, 1.54) is 0 Å². The monoisotopic (exact) mass is 300 g/mol. The first-order chi connectivity index (χ1) is 9.05. The Labute approximate surface area is 123 Å². The number of halogens is 2. The summed E-state index contributed by atoms with van der Waals surface area (Å²) in [6, 6.07) is 5.09. The van der Waals surface area contributed by atoms with Gasteiger partial charge < -0.3 is 10.6 Å². The zero-order valence-electron chi connectivity index (χ0n) is 10.9. The molecule has 19 heavy (non-hydrogen) atoms. The van der Waals surface area contributed by atoms with E-state index in [0.29, 0.717) is 15.7 Å². The van der Waals surface area contributed by atoms with Gasteiger partial charge in [-0.25, -0.2) is 0 Å². The molecular formula is C14H18Cl2N2O. The van der Waals surface area contributed by atoms with E-state index in [1.54, 1.807) is 18.2 Å². The molecule has 2 N–H and O–H groups in total. The Morgan fingerprint density at radius 1 is 1.26 bits per heavy atom. The van der Waals surface area contributed by atoms with Gasteiger partial charge in [0.15, 0.2) is 0 Å². The van der Waals surface area contributed by atoms with Gasteiger partial charge in [-0.2, -0.15) is 0 Å². The molecule has 5 heteroatoms. The van der Waals surface area contributed by atoms with Gasteiger partial charge >= 0.3 is 0 Å². The van der Waals surface area contributed by atoms with Crippen molar-refractivity contribution in [2.75, 3.05) is 18.4 Å². The van der Waals surface area contributed by atoms with Crippen LogP contribution >= 0.6 is 23.2 Å². The predicted molar refractivity (Wildman–Crippen MR) is 79.9 cm³/mol. The largest absolute Gasteiger partial charge is 0.326 e. The van der Waals surface area contributed by atoms with Crippen molar-refractivity contribution in [3.8, 4) is 0 Å². The molecule has 1 fully saturated rings. The van der Waals surface area contributed by atoms with Crippen molar-refractivity contribution >= 4 is 34.8 Å². The van der Waals surface area contributed by atoms with Gasteiger partial charge in [-0.1, -0.05) is 30.1 Å². The Hall–Kier alpha value is -0.770. The lowest BCUT2D eigenvalue weighted by molar-refractivity contribution is -0.127. The first-order valence-corrected chi connectivity index (χ1v) is 7.29. The normalized spacial score (nSPS) is 18.1. The number of hydrogen-bond donors (Lipinski definition) is 2. The molecule has 0 atom stereocenters. The van der Waals surface area contributed by atoms with E-state index in [2.05, 4.69) is 17.6 Å². The summed E-state index contributed by atoms with van der Waals surface area (Å²) >= 11 is 11.9. The van der Waals surface area contributed by atoms with E-state index in [-0.39, 0.29) is 11.3 Å². The van der Waals surface area contributed by atoms with Crippen LogP contribution in [0.3, 0.4) is 0 Å². The number of amides is 1. The molecule has 0 unspecified atom stereocenters. The van der Waals surface area contributed by atoms with Crippen LogP contribution in [0.5, 0.6) is 0 Å². The summed E-state index contributed by atoms with van der Waals surface area (Å²) in [7, 11) is 0. The number of rotatable bonds is 3. The molecule has 1 aliphatic rings. The van der Waals surface area contributed by atoms with Crippen molar-refractivity contribution in [3.63, 3.8) is 0 Å². The zero-order valence-corrected chi connectivity index (χ0v) is 12.4. The third-order valence-electron chi connectivity index (χ3n) is 3.84. The van der Waals surface area contributed by atoms with Gasteiger partial charge in [-0.3, -0.25) is 4.79 Å². The van der Waals surface area contributed by atoms with E-state index < -0.39 is 0 Å². The second kappa shape index (κ2) is 6.12. The van der Waals surface area contributed by atoms with Crippen molar-refractivity contribution in [1.29, 1.82) is 0 Å². The summed E-state index contributed by atoms with van der Waals surface area (Å²) in [5.41, 5.74) is 0.383. The Morgan fingerprint density at radius 2 is 1.84 bits per heavy atom. The number of carbonyl (C=O) groups excluding carboxylic acids is 1. The van der Waals surface area contributed by atoms with Crippen molar-refractivity contribution in [2.45, 2.75) is 26.2 Å². The molecule has 1 aromatic rings. The van der Waals surface area contributed by atoms with Crippen LogP contribution in [0.25, 0.3) is 0 Å². The highest BCUT2D eigenvalue weighted by Crippen LogP contribution is 2.34. The molecule has 0 aromatic heterocycles. The minimum atomic E-state index is -0.278. The smallest absolute Gasteiger partial charge is 0.230 e. The molecule has 3 nitrogen and oxygen atoms in total. The van der Waals surface area contributed by atoms with Crippen LogP contribution in [0.15, 0.2) is 18.2 Å². The van der Waals surface area contributed by atoms with Gasteiger partial charge in [-0.15, -0.1) is 0 Å². The fourth-order valence-electron chi connectivity index (χ4n) is 2.54. The van der Waals surface area contributed by atoms with Crippen LogP contribution in [-0.4, -0.2) is 19.0 Å². The lowest BCUT2D eigenvalue weighted by Gasteiger charge is -2.35. The van der Waals surface area contributed by atoms with Gasteiger partial charge in [-0.05, 0) is 50.6 Å². The summed E-state index contributed by atoms with van der Waals surface area (Å²) < 4.78 is 0. The van der Waals surface area contributed by atoms with E-state index in [1.807, 2.05) is 0 Å². The molecule has 104 valence electrons. The lowest BCUT2D eigenvalue weighted by atomic mass is 9.76. The van der Waals surface area contributed by atoms with Gasteiger partial charge in [0.1, 0.15) is 0 Å². The van der Waals surface area contributed by atoms with Crippen molar-refractivity contribution < 1.29 is 4.79 Å². The molecule has 0 saturated carbocycles. The summed E-state index contributed by atoms with van der Waals surface area (Å²) in [4.78, 5) is 12.5. The standard InChI is InChI=1S/C14H18Cl2N2O/c1-2-14(3-5-17-6-4-14)13(19)18-12-8-10(15)7-11(16)9-12/h7-9,17H,2-6H2,1H3,(H,18,19). The number of hydrogen-bond acceptors (Lipinski definition) is 2. The number of anilines is 1. The van der Waals surface area contributed by atoms with Gasteiger partial charge in [0, 0.05) is 15.7 Å². The third kappa shape index (κ3) is 3.41. The molecule has 2 rings (SSSR count). The first-order valence-electron chi connectivity index (χ1n) is 6.54. The second-order valence-electron chi connectivity index (χ2n) is 5.00. The quantitative estimate of drug-likeness (QED) is 0.893. The number of carbonyl (C=O) groups is 1. The Kier molecular flexibility index (Phi) is 4.71. The van der Waals surface area contributed by atoms with Crippen LogP contribution in [0, 0.1) is 5.41 Å². The van der Waals surface area contributed by atoms with Crippen LogP contribution in [0.4, 0.5) is 5.69 Å². The molecule has 1 aromatic carbocycles. The number of nitrogens with one attached hydrogen (secondary N) is 2. The molecular weight excluding hydrogens is 283 g/mol. The van der Waals surface area contributed by atoms with Crippen LogP contribution in [-0.2, 0) is 4.79 Å². The maximum atomic E-state index is 12.5. The minimum absolute atomic E-state index is 0.0647. The molecule has 0 bridgehead atoms. The van der Waals surface area contributed by atoms with Crippen molar-refractivity contribution in [2.24, 2.45) is 5.41 Å². The molecule has 1 amide bonds. The summed E-state index contributed by atoms with van der Waals surface area (Å²) in [6.07, 6.45) is 2.57. The lowest BCUT2D eigenvalue weighted by Crippen LogP contribution is -2.44. The molecule has 0 spiro atoms. The van der Waals surface area contributed by atoms with E-state index >= 15 is 0 Å². The Balaban J connectivity index is 2.14. The molecule has 0 radical (unpaired) electrons. The number of benzene rings is 1. The minimum Gasteiger partial charge on any atom is -0.326 e. The topological polar surface area (TPSA) is 41.1 Å². The maximum absolute atomic E-state index is 12.5. The molecule has 1 heterocycles. The van der Waals surface area contributed by atoms with Crippen LogP contribution in [0.1, 0.15) is 26.2 Å². The Morgan fingerprint density at radius 3 is 2.37 bits per heavy atom. The summed E-state index contributed by atoms with van der Waals surface area (Å²) in [5, 5.41) is 7.29. The molecule has 1 saturated heterocycles.